The number of benzene rings is 1. The van der Waals surface area contributed by atoms with Gasteiger partial charge in [-0.25, -0.2) is 0 Å². The molecule has 0 aliphatic carbocycles. The van der Waals surface area contributed by atoms with E-state index in [1.165, 1.54) is 10.6 Å². The van der Waals surface area contributed by atoms with Crippen molar-refractivity contribution in [1.82, 2.24) is 9.78 Å². The molecule has 1 heterocycles. The van der Waals surface area contributed by atoms with Crippen molar-refractivity contribution < 1.29 is 5.11 Å². The van der Waals surface area contributed by atoms with E-state index in [4.69, 9.17) is 0 Å². The Morgan fingerprint density at radius 1 is 1.35 bits per heavy atom. The number of aliphatic hydroxyl groups is 1. The Kier molecular flexibility index (Phi) is 5.69. The summed E-state index contributed by atoms with van der Waals surface area (Å²) in [4.78, 5) is 1.17. The van der Waals surface area contributed by atoms with Crippen molar-refractivity contribution in [1.29, 1.82) is 0 Å². The fourth-order valence-electron chi connectivity index (χ4n) is 2.04. The van der Waals surface area contributed by atoms with Gasteiger partial charge in [-0.15, -0.1) is 11.8 Å². The van der Waals surface area contributed by atoms with Gasteiger partial charge in [0.2, 0.25) is 0 Å². The third-order valence-corrected chi connectivity index (χ3v) is 5.07. The van der Waals surface area contributed by atoms with Crippen molar-refractivity contribution in [2.75, 3.05) is 0 Å². The zero-order valence-electron chi connectivity index (χ0n) is 11.8. The molecule has 0 radical (unpaired) electrons. The molecule has 0 fully saturated rings. The molecule has 1 aromatic heterocycles. The van der Waals surface area contributed by atoms with E-state index in [0.717, 1.165) is 34.4 Å². The molecule has 0 bridgehead atoms. The lowest BCUT2D eigenvalue weighted by atomic mass is 10.2. The van der Waals surface area contributed by atoms with E-state index < -0.39 is 0 Å². The lowest BCUT2D eigenvalue weighted by Gasteiger charge is -2.06. The second-order valence-electron chi connectivity index (χ2n) is 4.47. The zero-order chi connectivity index (χ0) is 14.5. The molecule has 2 rings (SSSR count). The van der Waals surface area contributed by atoms with Crippen LogP contribution in [0.1, 0.15) is 30.8 Å². The Balaban J connectivity index is 2.15. The quantitative estimate of drug-likeness (QED) is 0.796. The smallest absolute Gasteiger partial charge is 0.0767 e. The molecule has 0 amide bonds. The van der Waals surface area contributed by atoms with Crippen LogP contribution in [0.3, 0.4) is 0 Å². The van der Waals surface area contributed by atoms with Gasteiger partial charge in [0.25, 0.3) is 0 Å². The molecule has 0 atom stereocenters. The molecule has 0 saturated heterocycles. The molecule has 0 aliphatic rings. The maximum atomic E-state index is 9.18. The minimum Gasteiger partial charge on any atom is -0.392 e. The van der Waals surface area contributed by atoms with Crippen molar-refractivity contribution in [2.45, 2.75) is 44.1 Å². The minimum atomic E-state index is 0.0883. The molecule has 3 nitrogen and oxygen atoms in total. The minimum absolute atomic E-state index is 0.0883. The van der Waals surface area contributed by atoms with Gasteiger partial charge in [-0.2, -0.15) is 5.10 Å². The van der Waals surface area contributed by atoms with Crippen molar-refractivity contribution >= 4 is 27.7 Å². The van der Waals surface area contributed by atoms with Gasteiger partial charge in [0.1, 0.15) is 0 Å². The SMILES string of the molecule is CCc1nn(CC)c(CSc2cccc(CO)c2)c1Br. The van der Waals surface area contributed by atoms with Crippen LogP contribution in [-0.4, -0.2) is 14.9 Å². The van der Waals surface area contributed by atoms with Crippen LogP contribution in [0, 0.1) is 0 Å². The standard InChI is InChI=1S/C15H19BrN2OS/c1-3-13-15(16)14(18(4-2)17-13)10-20-12-7-5-6-11(8-12)9-19/h5-8,19H,3-4,9-10H2,1-2H3. The van der Waals surface area contributed by atoms with Gasteiger partial charge in [-0.1, -0.05) is 19.1 Å². The highest BCUT2D eigenvalue weighted by Gasteiger charge is 2.13. The van der Waals surface area contributed by atoms with Gasteiger partial charge in [-0.3, -0.25) is 4.68 Å². The number of aromatic nitrogens is 2. The molecule has 0 spiro atoms. The summed E-state index contributed by atoms with van der Waals surface area (Å²) in [6.45, 7) is 5.20. The molecule has 20 heavy (non-hydrogen) atoms. The average Bonchev–Trinajstić information content (AvgIpc) is 2.81. The largest absolute Gasteiger partial charge is 0.392 e. The molecule has 1 aromatic carbocycles. The van der Waals surface area contributed by atoms with Crippen molar-refractivity contribution in [3.8, 4) is 0 Å². The number of hydrogen-bond donors (Lipinski definition) is 1. The van der Waals surface area contributed by atoms with Gasteiger partial charge in [0.05, 0.1) is 22.5 Å². The van der Waals surface area contributed by atoms with Gasteiger partial charge in [0, 0.05) is 17.2 Å². The lowest BCUT2D eigenvalue weighted by Crippen LogP contribution is -2.01. The summed E-state index contributed by atoms with van der Waals surface area (Å²) in [6.07, 6.45) is 0.936. The maximum absolute atomic E-state index is 9.18. The highest BCUT2D eigenvalue weighted by molar-refractivity contribution is 9.10. The van der Waals surface area contributed by atoms with Crippen LogP contribution in [0.25, 0.3) is 0 Å². The molecule has 0 aliphatic heterocycles. The van der Waals surface area contributed by atoms with Gasteiger partial charge < -0.3 is 5.11 Å². The molecule has 108 valence electrons. The van der Waals surface area contributed by atoms with Gasteiger partial charge in [-0.05, 0) is 47.0 Å². The topological polar surface area (TPSA) is 38.0 Å². The molecule has 2 aromatic rings. The summed E-state index contributed by atoms with van der Waals surface area (Å²) in [6, 6.07) is 8.03. The first-order chi connectivity index (χ1) is 9.69. The number of rotatable bonds is 6. The van der Waals surface area contributed by atoms with Crippen molar-refractivity contribution in [2.24, 2.45) is 0 Å². The second kappa shape index (κ2) is 7.29. The monoisotopic (exact) mass is 354 g/mol. The fraction of sp³-hybridized carbons (Fsp3) is 0.400. The van der Waals surface area contributed by atoms with E-state index >= 15 is 0 Å². The molecule has 1 N–H and O–H groups in total. The highest BCUT2D eigenvalue weighted by atomic mass is 79.9. The van der Waals surface area contributed by atoms with E-state index in [0.29, 0.717) is 0 Å². The van der Waals surface area contributed by atoms with Crippen LogP contribution in [0.4, 0.5) is 0 Å². The van der Waals surface area contributed by atoms with Crippen molar-refractivity contribution in [3.05, 3.63) is 45.7 Å². The summed E-state index contributed by atoms with van der Waals surface area (Å²) in [5, 5.41) is 13.8. The van der Waals surface area contributed by atoms with Crippen LogP contribution in [0.5, 0.6) is 0 Å². The third kappa shape index (κ3) is 3.45. The van der Waals surface area contributed by atoms with Crippen LogP contribution in [0.2, 0.25) is 0 Å². The fourth-order valence-corrected chi connectivity index (χ4v) is 3.94. The molecular weight excluding hydrogens is 336 g/mol. The van der Waals surface area contributed by atoms with Crippen LogP contribution < -0.4 is 0 Å². The number of nitrogens with zero attached hydrogens (tertiary/aromatic N) is 2. The first kappa shape index (κ1) is 15.6. The maximum Gasteiger partial charge on any atom is 0.0767 e. The number of thioether (sulfide) groups is 1. The summed E-state index contributed by atoms with van der Waals surface area (Å²) in [7, 11) is 0. The Bertz CT molecular complexity index is 583. The molecule has 0 unspecified atom stereocenters. The Labute approximate surface area is 132 Å². The molecular formula is C15H19BrN2OS. The van der Waals surface area contributed by atoms with E-state index in [2.05, 4.69) is 45.6 Å². The summed E-state index contributed by atoms with van der Waals surface area (Å²) >= 11 is 5.44. The summed E-state index contributed by atoms with van der Waals surface area (Å²) in [5.41, 5.74) is 3.29. The first-order valence-electron chi connectivity index (χ1n) is 6.76. The lowest BCUT2D eigenvalue weighted by molar-refractivity contribution is 0.281. The Hall–Kier alpha value is -0.780. The first-order valence-corrected chi connectivity index (χ1v) is 8.54. The molecule has 0 saturated carbocycles. The molecule has 5 heteroatoms. The van der Waals surface area contributed by atoms with E-state index in [9.17, 15) is 5.11 Å². The predicted octanol–water partition coefficient (Wildman–Crippen LogP) is 4.01. The third-order valence-electron chi connectivity index (χ3n) is 3.15. The van der Waals surface area contributed by atoms with E-state index in [1.54, 1.807) is 11.8 Å². The van der Waals surface area contributed by atoms with Crippen LogP contribution in [0.15, 0.2) is 33.6 Å². The normalized spacial score (nSPS) is 11.0. The van der Waals surface area contributed by atoms with Gasteiger partial charge in [0.15, 0.2) is 0 Å². The highest BCUT2D eigenvalue weighted by Crippen LogP contribution is 2.29. The average molecular weight is 355 g/mol. The summed E-state index contributed by atoms with van der Waals surface area (Å²) < 4.78 is 3.19. The van der Waals surface area contributed by atoms with Crippen LogP contribution >= 0.6 is 27.7 Å². The Morgan fingerprint density at radius 3 is 2.80 bits per heavy atom. The van der Waals surface area contributed by atoms with Crippen LogP contribution in [-0.2, 0) is 25.3 Å². The predicted molar refractivity (Wildman–Crippen MR) is 86.9 cm³/mol. The van der Waals surface area contributed by atoms with E-state index in [-0.39, 0.29) is 6.61 Å². The van der Waals surface area contributed by atoms with Crippen molar-refractivity contribution in [3.63, 3.8) is 0 Å². The number of hydrogen-bond acceptors (Lipinski definition) is 3. The number of aryl methyl sites for hydroxylation is 2. The number of aliphatic hydroxyl groups excluding tert-OH is 1. The van der Waals surface area contributed by atoms with Gasteiger partial charge >= 0.3 is 0 Å². The van der Waals surface area contributed by atoms with E-state index in [1.807, 2.05) is 18.2 Å². The number of halogens is 1. The second-order valence-corrected chi connectivity index (χ2v) is 6.31. The Morgan fingerprint density at radius 2 is 2.15 bits per heavy atom. The summed E-state index contributed by atoms with van der Waals surface area (Å²) in [5.74, 6) is 0.871. The zero-order valence-corrected chi connectivity index (χ0v) is 14.2.